The van der Waals surface area contributed by atoms with E-state index in [-0.39, 0.29) is 30.5 Å². The number of fused-ring (bicyclic) bond motifs is 2. The highest BCUT2D eigenvalue weighted by Gasteiger charge is 2.44. The molecular weight excluding hydrogens is 482 g/mol. The van der Waals surface area contributed by atoms with Gasteiger partial charge in [0.1, 0.15) is 5.82 Å². The van der Waals surface area contributed by atoms with Gasteiger partial charge in [-0.05, 0) is 18.9 Å². The molecule has 2 N–H and O–H groups in total. The van der Waals surface area contributed by atoms with E-state index in [4.69, 9.17) is 10.5 Å². The molecule has 194 valence electrons. The number of nitrogens with two attached hydrogens (primary N) is 1. The number of nitrogens with zero attached hydrogens (tertiary/aromatic N) is 6. The van der Waals surface area contributed by atoms with E-state index in [9.17, 15) is 17.6 Å². The molecule has 6 heterocycles. The lowest BCUT2D eigenvalue weighted by atomic mass is 10.2. The zero-order chi connectivity index (χ0) is 25.0. The number of ether oxygens (including phenoxy) is 2. The van der Waals surface area contributed by atoms with Gasteiger partial charge < -0.3 is 25.0 Å². The third-order valence-electron chi connectivity index (χ3n) is 7.45. The Labute approximate surface area is 205 Å². The lowest BCUT2D eigenvalue weighted by Crippen LogP contribution is -2.45. The molecule has 6 rings (SSSR count). The van der Waals surface area contributed by atoms with Gasteiger partial charge >= 0.3 is 6.61 Å². The summed E-state index contributed by atoms with van der Waals surface area (Å²) in [6.45, 7) is -0.236. The number of nitrogen functional groups attached to an aromatic ring is 1. The van der Waals surface area contributed by atoms with E-state index in [0.717, 1.165) is 39.1 Å². The third kappa shape index (κ3) is 4.49. The number of rotatable bonds is 6. The first kappa shape index (κ1) is 23.5. The lowest BCUT2D eigenvalue weighted by molar-refractivity contribution is -0.0494. The number of anilines is 3. The Balaban J connectivity index is 1.31. The van der Waals surface area contributed by atoms with Crippen LogP contribution in [0.2, 0.25) is 0 Å². The van der Waals surface area contributed by atoms with Crippen LogP contribution >= 0.6 is 0 Å². The van der Waals surface area contributed by atoms with Crippen molar-refractivity contribution in [3.05, 3.63) is 18.3 Å². The fourth-order valence-corrected chi connectivity index (χ4v) is 5.66. The van der Waals surface area contributed by atoms with Crippen LogP contribution in [0.1, 0.15) is 19.3 Å². The molecule has 9 nitrogen and oxygen atoms in total. The molecule has 4 saturated heterocycles. The number of alkyl halides is 4. The van der Waals surface area contributed by atoms with Crippen LogP contribution in [0, 0.1) is 0 Å². The van der Waals surface area contributed by atoms with Crippen LogP contribution in [0.5, 0.6) is 5.75 Å². The first-order chi connectivity index (χ1) is 17.2. The second-order valence-electron chi connectivity index (χ2n) is 9.85. The molecule has 2 aromatic heterocycles. The zero-order valence-corrected chi connectivity index (χ0v) is 19.5. The quantitative estimate of drug-likeness (QED) is 0.590. The van der Waals surface area contributed by atoms with Crippen molar-refractivity contribution in [3.8, 4) is 17.0 Å². The van der Waals surface area contributed by atoms with Crippen LogP contribution < -0.4 is 20.3 Å². The summed E-state index contributed by atoms with van der Waals surface area (Å²) in [5, 5.41) is 0. The van der Waals surface area contributed by atoms with Gasteiger partial charge in [0.15, 0.2) is 11.6 Å². The molecule has 3 unspecified atom stereocenters. The predicted molar refractivity (Wildman–Crippen MR) is 124 cm³/mol. The molecular formula is C23H27F4N7O2. The highest BCUT2D eigenvalue weighted by atomic mass is 19.3. The smallest absolute Gasteiger partial charge is 0.387 e. The summed E-state index contributed by atoms with van der Waals surface area (Å²) in [5.41, 5.74) is 6.43. The molecule has 2 bridgehead atoms. The maximum atomic E-state index is 14.0. The van der Waals surface area contributed by atoms with Crippen molar-refractivity contribution in [2.75, 3.05) is 54.9 Å². The van der Waals surface area contributed by atoms with Crippen molar-refractivity contribution in [2.45, 2.75) is 50.0 Å². The average Bonchev–Trinajstić information content (AvgIpc) is 3.64. The molecule has 36 heavy (non-hydrogen) atoms. The fraction of sp³-hybridized carbons (Fsp3) is 0.609. The standard InChI is InChI=1S/C23H27F4N7O2/c24-21(25)36-18-5-13(8-29-20(18)28)17-7-19(31-22(30-17)33-4-2-23(26,27)12-33)32-3-1-14(9-32)34-10-16-6-15(34)11-35-16/h5,7-8,14-16,21H,1-4,6,9-12H2,(H2,28,29). The fourth-order valence-electron chi connectivity index (χ4n) is 5.66. The largest absolute Gasteiger partial charge is 0.431 e. The van der Waals surface area contributed by atoms with Crippen LogP contribution in [0.15, 0.2) is 18.3 Å². The zero-order valence-electron chi connectivity index (χ0n) is 19.5. The van der Waals surface area contributed by atoms with Gasteiger partial charge in [0, 0.05) is 62.5 Å². The first-order valence-corrected chi connectivity index (χ1v) is 12.1. The summed E-state index contributed by atoms with van der Waals surface area (Å²) in [6.07, 6.45) is 3.44. The summed E-state index contributed by atoms with van der Waals surface area (Å²) in [7, 11) is 0. The Morgan fingerprint density at radius 2 is 1.97 bits per heavy atom. The van der Waals surface area contributed by atoms with Crippen molar-refractivity contribution in [2.24, 2.45) is 0 Å². The van der Waals surface area contributed by atoms with E-state index in [1.54, 1.807) is 6.07 Å². The van der Waals surface area contributed by atoms with Gasteiger partial charge in [-0.1, -0.05) is 0 Å². The monoisotopic (exact) mass is 509 g/mol. The topological polar surface area (TPSA) is 92.9 Å². The molecule has 0 aromatic carbocycles. The van der Waals surface area contributed by atoms with Gasteiger partial charge in [0.05, 0.1) is 24.9 Å². The SMILES string of the molecule is Nc1ncc(-c2cc(N3CCC(N4CC5CC4CO5)C3)nc(N3CCC(F)(F)C3)n2)cc1OC(F)F. The van der Waals surface area contributed by atoms with E-state index in [2.05, 4.69) is 29.5 Å². The summed E-state index contributed by atoms with van der Waals surface area (Å²) in [6, 6.07) is 3.86. The second-order valence-corrected chi connectivity index (χ2v) is 9.85. The number of halogens is 4. The molecule has 13 heteroatoms. The van der Waals surface area contributed by atoms with Crippen LogP contribution in [0.4, 0.5) is 35.1 Å². The Morgan fingerprint density at radius 1 is 1.11 bits per heavy atom. The molecule has 0 spiro atoms. The highest BCUT2D eigenvalue weighted by Crippen LogP contribution is 2.36. The van der Waals surface area contributed by atoms with Gasteiger partial charge in [-0.3, -0.25) is 4.90 Å². The van der Waals surface area contributed by atoms with Gasteiger partial charge in [0.25, 0.3) is 5.92 Å². The van der Waals surface area contributed by atoms with Crippen molar-refractivity contribution < 1.29 is 27.0 Å². The Bertz CT molecular complexity index is 1140. The Hall–Kier alpha value is -2.93. The van der Waals surface area contributed by atoms with Crippen LogP contribution in [0.3, 0.4) is 0 Å². The number of aromatic nitrogens is 3. The maximum Gasteiger partial charge on any atom is 0.387 e. The lowest BCUT2D eigenvalue weighted by Gasteiger charge is -2.32. The number of hydrogen-bond acceptors (Lipinski definition) is 9. The van der Waals surface area contributed by atoms with E-state index in [1.165, 1.54) is 17.2 Å². The maximum absolute atomic E-state index is 14.0. The summed E-state index contributed by atoms with van der Waals surface area (Å²) < 4.78 is 63.9. The van der Waals surface area contributed by atoms with E-state index in [0.29, 0.717) is 35.3 Å². The summed E-state index contributed by atoms with van der Waals surface area (Å²) >= 11 is 0. The molecule has 4 fully saturated rings. The van der Waals surface area contributed by atoms with E-state index in [1.807, 2.05) is 0 Å². The molecule has 4 aliphatic rings. The number of morpholine rings is 1. The van der Waals surface area contributed by atoms with E-state index < -0.39 is 19.1 Å². The van der Waals surface area contributed by atoms with Crippen molar-refractivity contribution in [1.29, 1.82) is 0 Å². The summed E-state index contributed by atoms with van der Waals surface area (Å²) in [4.78, 5) is 19.2. The third-order valence-corrected chi connectivity index (χ3v) is 7.45. The summed E-state index contributed by atoms with van der Waals surface area (Å²) in [5.74, 6) is -2.51. The molecule has 0 aliphatic carbocycles. The Kier molecular flexibility index (Phi) is 5.78. The minimum Gasteiger partial charge on any atom is -0.431 e. The Morgan fingerprint density at radius 3 is 2.67 bits per heavy atom. The van der Waals surface area contributed by atoms with Crippen LogP contribution in [0.25, 0.3) is 11.3 Å². The van der Waals surface area contributed by atoms with Gasteiger partial charge in [-0.15, -0.1) is 0 Å². The number of hydrogen-bond donors (Lipinski definition) is 1. The molecule has 0 amide bonds. The minimum atomic E-state index is -3.07. The van der Waals surface area contributed by atoms with Gasteiger partial charge in [-0.25, -0.2) is 18.7 Å². The number of pyridine rings is 1. The normalized spacial score (nSPS) is 27.5. The number of likely N-dealkylation sites (tertiary alicyclic amines) is 1. The first-order valence-electron chi connectivity index (χ1n) is 12.1. The molecule has 0 saturated carbocycles. The second kappa shape index (κ2) is 8.87. The molecule has 4 aliphatic heterocycles. The molecule has 2 aromatic rings. The van der Waals surface area contributed by atoms with Crippen molar-refractivity contribution in [3.63, 3.8) is 0 Å². The van der Waals surface area contributed by atoms with Crippen LogP contribution in [-0.2, 0) is 4.74 Å². The highest BCUT2D eigenvalue weighted by molar-refractivity contribution is 5.68. The molecule has 3 atom stereocenters. The van der Waals surface area contributed by atoms with Crippen molar-refractivity contribution >= 4 is 17.6 Å². The average molecular weight is 510 g/mol. The van der Waals surface area contributed by atoms with Crippen molar-refractivity contribution in [1.82, 2.24) is 19.9 Å². The van der Waals surface area contributed by atoms with Gasteiger partial charge in [-0.2, -0.15) is 13.8 Å². The minimum absolute atomic E-state index is 0.120. The predicted octanol–water partition coefficient (Wildman–Crippen LogP) is 2.62. The van der Waals surface area contributed by atoms with Gasteiger partial charge in [0.2, 0.25) is 5.95 Å². The van der Waals surface area contributed by atoms with E-state index >= 15 is 0 Å². The molecule has 0 radical (unpaired) electrons. The van der Waals surface area contributed by atoms with Crippen LogP contribution in [-0.4, -0.2) is 89.9 Å².